The number of sulfonamides is 1. The van der Waals surface area contributed by atoms with Crippen LogP contribution in [0.4, 0.5) is 5.69 Å². The lowest BCUT2D eigenvalue weighted by Crippen LogP contribution is -2.25. The van der Waals surface area contributed by atoms with Crippen molar-refractivity contribution in [2.24, 2.45) is 5.16 Å². The van der Waals surface area contributed by atoms with Crippen molar-refractivity contribution >= 4 is 33.3 Å². The Balaban J connectivity index is 1.79. The molecule has 2 aromatic rings. The Bertz CT molecular complexity index is 1300. The summed E-state index contributed by atoms with van der Waals surface area (Å²) in [5, 5.41) is 28.2. The zero-order valence-electron chi connectivity index (χ0n) is 19.2. The lowest BCUT2D eigenvalue weighted by atomic mass is 9.87. The third kappa shape index (κ3) is 4.65. The fraction of sp³-hybridized carbons (Fsp3) is 0.348. The summed E-state index contributed by atoms with van der Waals surface area (Å²) in [4.78, 5) is 29.3. The highest BCUT2D eigenvalue weighted by Crippen LogP contribution is 2.39. The van der Waals surface area contributed by atoms with Crippen molar-refractivity contribution in [2.75, 3.05) is 32.6 Å². The van der Waals surface area contributed by atoms with E-state index in [1.54, 1.807) is 30.3 Å². The standard InChI is InChI=1S/C23H26N4O7S/c1-27(2)35(32,33)14-5-3-13(4-6-14)16-11-17-20(18-12-24-9-7-15(16)18)25-22(29)21(17)26-34-19(8-10-28)23(30)31/h3-6,11,19,24,28H,7-10,12H2,1-2H3,(H,30,31)(H,25,26,29). The van der Waals surface area contributed by atoms with Crippen LogP contribution in [-0.2, 0) is 37.4 Å². The number of carboxylic acid groups (broad SMARTS) is 1. The lowest BCUT2D eigenvalue weighted by molar-refractivity contribution is -0.151. The predicted octanol–water partition coefficient (Wildman–Crippen LogP) is 0.758. The average Bonchev–Trinajstić information content (AvgIpc) is 3.16. The van der Waals surface area contributed by atoms with Crippen LogP contribution in [0.1, 0.15) is 23.1 Å². The molecule has 0 saturated heterocycles. The summed E-state index contributed by atoms with van der Waals surface area (Å²) in [6, 6.07) is 8.31. The molecule has 0 aliphatic carbocycles. The molecule has 4 rings (SSSR count). The Morgan fingerprint density at radius 1 is 1.20 bits per heavy atom. The van der Waals surface area contributed by atoms with Crippen molar-refractivity contribution < 1.29 is 33.1 Å². The number of aliphatic carboxylic acids is 1. The number of aliphatic hydroxyl groups excluding tert-OH is 1. The minimum absolute atomic E-state index is 0.0642. The minimum Gasteiger partial charge on any atom is -0.478 e. The molecule has 2 aliphatic rings. The van der Waals surface area contributed by atoms with Crippen molar-refractivity contribution in [1.82, 2.24) is 9.62 Å². The number of amides is 1. The summed E-state index contributed by atoms with van der Waals surface area (Å²) in [6.45, 7) is 0.841. The van der Waals surface area contributed by atoms with Gasteiger partial charge in [-0.15, -0.1) is 0 Å². The van der Waals surface area contributed by atoms with Crippen LogP contribution in [0.5, 0.6) is 0 Å². The van der Waals surface area contributed by atoms with Gasteiger partial charge >= 0.3 is 5.97 Å². The van der Waals surface area contributed by atoms with Gasteiger partial charge in [0.05, 0.1) is 10.6 Å². The van der Waals surface area contributed by atoms with E-state index in [4.69, 9.17) is 9.94 Å². The van der Waals surface area contributed by atoms with Crippen LogP contribution in [-0.4, -0.2) is 73.9 Å². The number of hydrogen-bond donors (Lipinski definition) is 4. The van der Waals surface area contributed by atoms with E-state index in [9.17, 15) is 23.1 Å². The van der Waals surface area contributed by atoms with Gasteiger partial charge in [-0.3, -0.25) is 4.79 Å². The zero-order chi connectivity index (χ0) is 25.3. The van der Waals surface area contributed by atoms with Gasteiger partial charge in [0.2, 0.25) is 16.1 Å². The van der Waals surface area contributed by atoms with Crippen molar-refractivity contribution in [2.45, 2.75) is 30.4 Å². The summed E-state index contributed by atoms with van der Waals surface area (Å²) < 4.78 is 26.0. The molecule has 0 fully saturated rings. The highest BCUT2D eigenvalue weighted by molar-refractivity contribution is 7.89. The lowest BCUT2D eigenvalue weighted by Gasteiger charge is -2.23. The number of benzene rings is 2. The second-order valence-electron chi connectivity index (χ2n) is 8.38. The molecule has 0 saturated carbocycles. The zero-order valence-corrected chi connectivity index (χ0v) is 20.1. The molecule has 35 heavy (non-hydrogen) atoms. The van der Waals surface area contributed by atoms with E-state index in [0.717, 1.165) is 33.1 Å². The minimum atomic E-state index is -3.58. The summed E-state index contributed by atoms with van der Waals surface area (Å²) in [7, 11) is -0.643. The fourth-order valence-electron chi connectivity index (χ4n) is 4.13. The largest absolute Gasteiger partial charge is 0.478 e. The average molecular weight is 503 g/mol. The number of fused-ring (bicyclic) bond motifs is 3. The second kappa shape index (κ2) is 9.74. The Labute approximate surface area is 202 Å². The van der Waals surface area contributed by atoms with Crippen LogP contribution in [0.3, 0.4) is 0 Å². The van der Waals surface area contributed by atoms with Crippen molar-refractivity contribution in [3.63, 3.8) is 0 Å². The molecule has 0 spiro atoms. The van der Waals surface area contributed by atoms with Gasteiger partial charge < -0.3 is 25.7 Å². The van der Waals surface area contributed by atoms with E-state index in [1.807, 2.05) is 0 Å². The van der Waals surface area contributed by atoms with Crippen LogP contribution >= 0.6 is 0 Å². The summed E-state index contributed by atoms with van der Waals surface area (Å²) in [5.74, 6) is -1.82. The summed E-state index contributed by atoms with van der Waals surface area (Å²) in [5.41, 5.74) is 4.49. The molecule has 0 radical (unpaired) electrons. The second-order valence-corrected chi connectivity index (χ2v) is 10.5. The van der Waals surface area contributed by atoms with Crippen molar-refractivity contribution in [3.8, 4) is 11.1 Å². The van der Waals surface area contributed by atoms with Gasteiger partial charge in [0.1, 0.15) is 0 Å². The van der Waals surface area contributed by atoms with E-state index in [2.05, 4.69) is 15.8 Å². The van der Waals surface area contributed by atoms with Gasteiger partial charge in [0.25, 0.3) is 5.91 Å². The van der Waals surface area contributed by atoms with Gasteiger partial charge in [-0.25, -0.2) is 17.5 Å². The maximum atomic E-state index is 12.7. The Hall–Kier alpha value is -3.32. The molecule has 11 nitrogen and oxygen atoms in total. The molecule has 2 heterocycles. The van der Waals surface area contributed by atoms with E-state index < -0.39 is 34.6 Å². The summed E-state index contributed by atoms with van der Waals surface area (Å²) in [6.07, 6.45) is -0.872. The quantitative estimate of drug-likeness (QED) is 0.385. The van der Waals surface area contributed by atoms with Crippen LogP contribution in [0.2, 0.25) is 0 Å². The smallest absolute Gasteiger partial charge is 0.347 e. The van der Waals surface area contributed by atoms with E-state index in [0.29, 0.717) is 24.2 Å². The van der Waals surface area contributed by atoms with Crippen LogP contribution in [0, 0.1) is 0 Å². The van der Waals surface area contributed by atoms with Gasteiger partial charge in [0, 0.05) is 39.2 Å². The van der Waals surface area contributed by atoms with Gasteiger partial charge in [-0.2, -0.15) is 0 Å². The van der Waals surface area contributed by atoms with Crippen molar-refractivity contribution in [3.05, 3.63) is 47.0 Å². The normalized spacial score (nSPS) is 17.1. The number of anilines is 1. The molecule has 2 aromatic carbocycles. The SMILES string of the molecule is CN(C)S(=O)(=O)c1ccc(-c2cc3c(c4c2CCNC4)NC(=O)/C3=N/OC(CCO)C(=O)O)cc1. The third-order valence-corrected chi connectivity index (χ3v) is 7.82. The van der Waals surface area contributed by atoms with Crippen LogP contribution < -0.4 is 10.6 Å². The molecule has 1 atom stereocenters. The van der Waals surface area contributed by atoms with Gasteiger partial charge in [0.15, 0.2) is 5.71 Å². The maximum absolute atomic E-state index is 12.7. The van der Waals surface area contributed by atoms with E-state index in [-0.39, 0.29) is 17.0 Å². The number of carbonyl (C=O) groups excluding carboxylic acids is 1. The first kappa shape index (κ1) is 24.8. The monoisotopic (exact) mass is 502 g/mol. The molecule has 0 bridgehead atoms. The molecule has 4 N–H and O–H groups in total. The van der Waals surface area contributed by atoms with Crippen LogP contribution in [0.15, 0.2) is 40.4 Å². The van der Waals surface area contributed by atoms with Gasteiger partial charge in [-0.1, -0.05) is 17.3 Å². The molecule has 1 unspecified atom stereocenters. The molecule has 12 heteroatoms. The van der Waals surface area contributed by atoms with Crippen molar-refractivity contribution in [1.29, 1.82) is 0 Å². The first-order valence-electron chi connectivity index (χ1n) is 11.0. The molecule has 0 aromatic heterocycles. The highest BCUT2D eigenvalue weighted by atomic mass is 32.2. The Morgan fingerprint density at radius 2 is 1.91 bits per heavy atom. The first-order chi connectivity index (χ1) is 16.6. The van der Waals surface area contributed by atoms with E-state index >= 15 is 0 Å². The maximum Gasteiger partial charge on any atom is 0.347 e. The van der Waals surface area contributed by atoms with E-state index in [1.165, 1.54) is 14.1 Å². The number of carboxylic acids is 1. The predicted molar refractivity (Wildman–Crippen MR) is 128 cm³/mol. The summed E-state index contributed by atoms with van der Waals surface area (Å²) >= 11 is 0. The fourth-order valence-corrected chi connectivity index (χ4v) is 5.03. The molecule has 2 aliphatic heterocycles. The number of nitrogens with one attached hydrogen (secondary N) is 2. The number of carbonyl (C=O) groups is 2. The number of rotatable bonds is 8. The number of hydrogen-bond acceptors (Lipinski definition) is 8. The molecule has 1 amide bonds. The molecular formula is C23H26N4O7S. The Kier molecular flexibility index (Phi) is 6.90. The Morgan fingerprint density at radius 3 is 2.54 bits per heavy atom. The van der Waals surface area contributed by atoms with Gasteiger partial charge in [-0.05, 0) is 53.4 Å². The molecule has 186 valence electrons. The third-order valence-electron chi connectivity index (χ3n) is 5.99. The highest BCUT2D eigenvalue weighted by Gasteiger charge is 2.33. The first-order valence-corrected chi connectivity index (χ1v) is 12.4. The number of nitrogens with zero attached hydrogens (tertiary/aromatic N) is 2. The van der Waals surface area contributed by atoms with Crippen LogP contribution in [0.25, 0.3) is 11.1 Å². The molecular weight excluding hydrogens is 476 g/mol. The number of oxime groups is 1. The number of aliphatic hydroxyl groups is 1. The topological polar surface area (TPSA) is 158 Å².